The number of benzene rings is 1. The van der Waals surface area contributed by atoms with Gasteiger partial charge in [-0.2, -0.15) is 0 Å². The first kappa shape index (κ1) is 13.0. The Morgan fingerprint density at radius 1 is 1.00 bits per heavy atom. The molecule has 0 atom stereocenters. The molecule has 1 aliphatic carbocycles. The maximum Gasteiger partial charge on any atom is 0.168 e. The molecule has 4 heteroatoms. The van der Waals surface area contributed by atoms with Crippen LogP contribution in [-0.2, 0) is 15.9 Å². The van der Waals surface area contributed by atoms with Gasteiger partial charge in [0.2, 0.25) is 0 Å². The van der Waals surface area contributed by atoms with Crippen molar-refractivity contribution in [3.63, 3.8) is 0 Å². The van der Waals surface area contributed by atoms with Crippen molar-refractivity contribution in [1.82, 2.24) is 0 Å². The number of hydrogen-bond donors (Lipinski definition) is 1. The van der Waals surface area contributed by atoms with Crippen LogP contribution in [0, 0.1) is 5.82 Å². The van der Waals surface area contributed by atoms with Gasteiger partial charge in [-0.25, -0.2) is 4.39 Å². The van der Waals surface area contributed by atoms with E-state index in [1.165, 1.54) is 12.1 Å². The summed E-state index contributed by atoms with van der Waals surface area (Å²) in [7, 11) is 0. The number of ether oxygens (including phenoxy) is 2. The monoisotopic (exact) mass is 266 g/mol. The van der Waals surface area contributed by atoms with Crippen molar-refractivity contribution in [3.8, 4) is 0 Å². The SMILES string of the molecule is OC1(Cc2ccc(F)cc2)CCC2(CC1)OCCO2. The molecule has 2 aliphatic rings. The van der Waals surface area contributed by atoms with Crippen LogP contribution in [-0.4, -0.2) is 29.7 Å². The van der Waals surface area contributed by atoms with E-state index in [9.17, 15) is 9.50 Å². The molecule has 1 N–H and O–H groups in total. The van der Waals surface area contributed by atoms with E-state index in [1.807, 2.05) is 0 Å². The van der Waals surface area contributed by atoms with E-state index < -0.39 is 11.4 Å². The Labute approximate surface area is 112 Å². The Bertz CT molecular complexity index is 427. The normalized spacial score (nSPS) is 24.7. The summed E-state index contributed by atoms with van der Waals surface area (Å²) in [5, 5.41) is 10.6. The minimum Gasteiger partial charge on any atom is -0.390 e. The van der Waals surface area contributed by atoms with Crippen molar-refractivity contribution in [1.29, 1.82) is 0 Å². The molecule has 1 saturated heterocycles. The number of hydrogen-bond acceptors (Lipinski definition) is 3. The molecule has 1 aromatic rings. The van der Waals surface area contributed by atoms with E-state index in [2.05, 4.69) is 0 Å². The maximum absolute atomic E-state index is 12.9. The van der Waals surface area contributed by atoms with E-state index in [4.69, 9.17) is 9.47 Å². The average Bonchev–Trinajstić information content (AvgIpc) is 2.86. The van der Waals surface area contributed by atoms with Crippen LogP contribution in [0.1, 0.15) is 31.2 Å². The first-order valence-electron chi connectivity index (χ1n) is 6.84. The molecule has 19 heavy (non-hydrogen) atoms. The molecule has 3 nitrogen and oxygen atoms in total. The zero-order chi connectivity index (χ0) is 13.3. The van der Waals surface area contributed by atoms with E-state index in [0.717, 1.165) is 18.4 Å². The molecule has 1 aromatic carbocycles. The number of aliphatic hydroxyl groups is 1. The molecule has 1 aliphatic heterocycles. The summed E-state index contributed by atoms with van der Waals surface area (Å²) in [6.07, 6.45) is 3.33. The summed E-state index contributed by atoms with van der Waals surface area (Å²) in [6, 6.07) is 6.35. The summed E-state index contributed by atoms with van der Waals surface area (Å²) in [5.41, 5.74) is 0.242. The third-order valence-corrected chi connectivity index (χ3v) is 4.20. The molecule has 104 valence electrons. The Kier molecular flexibility index (Phi) is 3.33. The van der Waals surface area contributed by atoms with Gasteiger partial charge in [0, 0.05) is 19.3 Å². The summed E-state index contributed by atoms with van der Waals surface area (Å²) in [6.45, 7) is 1.30. The summed E-state index contributed by atoms with van der Waals surface area (Å²) < 4.78 is 24.2. The zero-order valence-electron chi connectivity index (χ0n) is 10.9. The highest BCUT2D eigenvalue weighted by Gasteiger charge is 2.45. The fourth-order valence-corrected chi connectivity index (χ4v) is 3.04. The van der Waals surface area contributed by atoms with E-state index in [-0.39, 0.29) is 5.82 Å². The van der Waals surface area contributed by atoms with Gasteiger partial charge in [-0.3, -0.25) is 0 Å². The fourth-order valence-electron chi connectivity index (χ4n) is 3.04. The van der Waals surface area contributed by atoms with Crippen LogP contribution in [0.15, 0.2) is 24.3 Å². The van der Waals surface area contributed by atoms with Gasteiger partial charge >= 0.3 is 0 Å². The van der Waals surface area contributed by atoms with Crippen LogP contribution in [0.3, 0.4) is 0 Å². The molecule has 1 saturated carbocycles. The van der Waals surface area contributed by atoms with Gasteiger partial charge in [0.15, 0.2) is 5.79 Å². The molecule has 0 radical (unpaired) electrons. The minimum atomic E-state index is -0.724. The van der Waals surface area contributed by atoms with Crippen LogP contribution < -0.4 is 0 Å². The van der Waals surface area contributed by atoms with Gasteiger partial charge in [-0.05, 0) is 30.5 Å². The first-order chi connectivity index (χ1) is 9.09. The van der Waals surface area contributed by atoms with Gasteiger partial charge in [0.1, 0.15) is 5.82 Å². The molecule has 2 fully saturated rings. The quantitative estimate of drug-likeness (QED) is 0.893. The lowest BCUT2D eigenvalue weighted by molar-refractivity contribution is -0.202. The van der Waals surface area contributed by atoms with Crippen LogP contribution in [0.2, 0.25) is 0 Å². The molecule has 0 unspecified atom stereocenters. The van der Waals surface area contributed by atoms with Crippen LogP contribution in [0.4, 0.5) is 4.39 Å². The Hall–Kier alpha value is -0.970. The Morgan fingerprint density at radius 3 is 2.16 bits per heavy atom. The molecule has 1 spiro atoms. The molecular weight excluding hydrogens is 247 g/mol. The van der Waals surface area contributed by atoms with Gasteiger partial charge in [-0.15, -0.1) is 0 Å². The number of halogens is 1. The molecular formula is C15H19FO3. The third kappa shape index (κ3) is 2.81. The van der Waals surface area contributed by atoms with Crippen molar-refractivity contribution >= 4 is 0 Å². The van der Waals surface area contributed by atoms with Gasteiger partial charge in [0.25, 0.3) is 0 Å². The summed E-state index contributed by atoms with van der Waals surface area (Å²) >= 11 is 0. The lowest BCUT2D eigenvalue weighted by Crippen LogP contribution is -2.44. The lowest BCUT2D eigenvalue weighted by atomic mass is 9.78. The van der Waals surface area contributed by atoms with Crippen molar-refractivity contribution in [2.45, 2.75) is 43.5 Å². The predicted octanol–water partition coefficient (Wildman–Crippen LogP) is 2.42. The molecule has 0 amide bonds. The van der Waals surface area contributed by atoms with Crippen LogP contribution in [0.5, 0.6) is 0 Å². The van der Waals surface area contributed by atoms with Crippen LogP contribution >= 0.6 is 0 Å². The standard InChI is InChI=1S/C15H19FO3/c16-13-3-1-12(2-4-13)11-14(17)5-7-15(8-6-14)18-9-10-19-15/h1-4,17H,5-11H2. The second kappa shape index (κ2) is 4.85. The topological polar surface area (TPSA) is 38.7 Å². The molecule has 1 heterocycles. The zero-order valence-corrected chi connectivity index (χ0v) is 10.9. The minimum absolute atomic E-state index is 0.244. The van der Waals surface area contributed by atoms with E-state index >= 15 is 0 Å². The lowest BCUT2D eigenvalue weighted by Gasteiger charge is -2.40. The highest BCUT2D eigenvalue weighted by molar-refractivity contribution is 5.18. The highest BCUT2D eigenvalue weighted by Crippen LogP contribution is 2.41. The Morgan fingerprint density at radius 2 is 1.58 bits per heavy atom. The van der Waals surface area contributed by atoms with Crippen LogP contribution in [0.25, 0.3) is 0 Å². The van der Waals surface area contributed by atoms with Crippen molar-refractivity contribution in [2.75, 3.05) is 13.2 Å². The van der Waals surface area contributed by atoms with Crippen molar-refractivity contribution in [3.05, 3.63) is 35.6 Å². The number of rotatable bonds is 2. The summed E-state index contributed by atoms with van der Waals surface area (Å²) in [5.74, 6) is -0.694. The Balaban J connectivity index is 1.63. The molecule has 3 rings (SSSR count). The van der Waals surface area contributed by atoms with E-state index in [0.29, 0.717) is 32.5 Å². The van der Waals surface area contributed by atoms with Gasteiger partial charge in [-0.1, -0.05) is 12.1 Å². The maximum atomic E-state index is 12.9. The highest BCUT2D eigenvalue weighted by atomic mass is 19.1. The smallest absolute Gasteiger partial charge is 0.168 e. The first-order valence-corrected chi connectivity index (χ1v) is 6.84. The van der Waals surface area contributed by atoms with Gasteiger partial charge < -0.3 is 14.6 Å². The molecule has 0 aromatic heterocycles. The van der Waals surface area contributed by atoms with Crippen molar-refractivity contribution < 1.29 is 19.0 Å². The second-order valence-corrected chi connectivity index (χ2v) is 5.64. The van der Waals surface area contributed by atoms with E-state index in [1.54, 1.807) is 12.1 Å². The average molecular weight is 266 g/mol. The molecule has 0 bridgehead atoms. The fraction of sp³-hybridized carbons (Fsp3) is 0.600. The predicted molar refractivity (Wildman–Crippen MR) is 68.2 cm³/mol. The largest absolute Gasteiger partial charge is 0.390 e. The third-order valence-electron chi connectivity index (χ3n) is 4.20. The van der Waals surface area contributed by atoms with Crippen molar-refractivity contribution in [2.24, 2.45) is 0 Å². The van der Waals surface area contributed by atoms with Gasteiger partial charge in [0.05, 0.1) is 18.8 Å². The second-order valence-electron chi connectivity index (χ2n) is 5.64. The summed E-state index contributed by atoms with van der Waals surface area (Å²) in [4.78, 5) is 0.